The summed E-state index contributed by atoms with van der Waals surface area (Å²) in [5.41, 5.74) is 0. The van der Waals surface area contributed by atoms with Gasteiger partial charge in [0.15, 0.2) is 0 Å². The van der Waals surface area contributed by atoms with Crippen molar-refractivity contribution in [1.29, 1.82) is 0 Å². The standard InChI is InChI=1S/C13H22N2O4/c1-8(12(16)17)10-6-15(7-10)13(18)14-9(2)11-4-3-5-19-11/h8-11H,3-7H2,1-2H3,(H,14,18)(H,16,17). The molecule has 2 rings (SSSR count). The Bertz CT molecular complexity index is 349. The summed E-state index contributed by atoms with van der Waals surface area (Å²) in [6.07, 6.45) is 2.14. The molecule has 19 heavy (non-hydrogen) atoms. The first-order valence-corrected chi connectivity index (χ1v) is 6.89. The second-order valence-corrected chi connectivity index (χ2v) is 5.58. The molecule has 0 radical (unpaired) electrons. The van der Waals surface area contributed by atoms with E-state index in [2.05, 4.69) is 5.32 Å². The number of carbonyl (C=O) groups excluding carboxylic acids is 1. The van der Waals surface area contributed by atoms with Gasteiger partial charge in [-0.2, -0.15) is 0 Å². The smallest absolute Gasteiger partial charge is 0.317 e. The Hall–Kier alpha value is -1.30. The maximum absolute atomic E-state index is 11.9. The zero-order valence-electron chi connectivity index (χ0n) is 11.5. The number of amides is 2. The maximum Gasteiger partial charge on any atom is 0.317 e. The van der Waals surface area contributed by atoms with Crippen LogP contribution in [0.25, 0.3) is 0 Å². The number of aliphatic carboxylic acids is 1. The Morgan fingerprint density at radius 1 is 1.37 bits per heavy atom. The van der Waals surface area contributed by atoms with Crippen molar-refractivity contribution in [3.63, 3.8) is 0 Å². The summed E-state index contributed by atoms with van der Waals surface area (Å²) in [5, 5.41) is 11.8. The van der Waals surface area contributed by atoms with Crippen LogP contribution in [0, 0.1) is 11.8 Å². The summed E-state index contributed by atoms with van der Waals surface area (Å²) in [7, 11) is 0. The summed E-state index contributed by atoms with van der Waals surface area (Å²) in [4.78, 5) is 24.4. The van der Waals surface area contributed by atoms with Crippen molar-refractivity contribution in [3.8, 4) is 0 Å². The lowest BCUT2D eigenvalue weighted by molar-refractivity contribution is -0.144. The van der Waals surface area contributed by atoms with Crippen molar-refractivity contribution in [2.45, 2.75) is 38.8 Å². The van der Waals surface area contributed by atoms with E-state index >= 15 is 0 Å². The number of carboxylic acid groups (broad SMARTS) is 1. The van der Waals surface area contributed by atoms with Gasteiger partial charge in [-0.05, 0) is 19.8 Å². The molecule has 6 nitrogen and oxygen atoms in total. The maximum atomic E-state index is 11.9. The summed E-state index contributed by atoms with van der Waals surface area (Å²) in [6.45, 7) is 5.46. The zero-order chi connectivity index (χ0) is 14.0. The van der Waals surface area contributed by atoms with Crippen LogP contribution in [-0.2, 0) is 9.53 Å². The lowest BCUT2D eigenvalue weighted by Crippen LogP contribution is -2.58. The first kappa shape index (κ1) is 14.1. The third-order valence-electron chi connectivity index (χ3n) is 4.17. The summed E-state index contributed by atoms with van der Waals surface area (Å²) < 4.78 is 5.53. The van der Waals surface area contributed by atoms with Gasteiger partial charge in [0.1, 0.15) is 0 Å². The van der Waals surface area contributed by atoms with Crippen LogP contribution in [0.5, 0.6) is 0 Å². The molecule has 0 bridgehead atoms. The average Bonchev–Trinajstić information content (AvgIpc) is 2.79. The number of ether oxygens (including phenoxy) is 1. The highest BCUT2D eigenvalue weighted by Gasteiger charge is 2.38. The summed E-state index contributed by atoms with van der Waals surface area (Å²) in [6, 6.07) is -0.109. The highest BCUT2D eigenvalue weighted by atomic mass is 16.5. The molecule has 0 aromatic heterocycles. The van der Waals surface area contributed by atoms with Crippen molar-refractivity contribution in [1.82, 2.24) is 10.2 Å². The van der Waals surface area contributed by atoms with E-state index in [9.17, 15) is 9.59 Å². The number of likely N-dealkylation sites (tertiary alicyclic amines) is 1. The lowest BCUT2D eigenvalue weighted by Gasteiger charge is -2.41. The Balaban J connectivity index is 1.72. The molecule has 2 aliphatic rings. The van der Waals surface area contributed by atoms with E-state index in [1.165, 1.54) is 0 Å². The largest absolute Gasteiger partial charge is 0.481 e. The van der Waals surface area contributed by atoms with Gasteiger partial charge in [0.25, 0.3) is 0 Å². The molecule has 2 aliphatic heterocycles. The van der Waals surface area contributed by atoms with E-state index in [1.807, 2.05) is 6.92 Å². The van der Waals surface area contributed by atoms with Gasteiger partial charge in [0.05, 0.1) is 18.1 Å². The molecule has 0 aliphatic carbocycles. The first-order valence-electron chi connectivity index (χ1n) is 6.89. The fourth-order valence-electron chi connectivity index (χ4n) is 2.57. The van der Waals surface area contributed by atoms with Gasteiger partial charge in [-0.3, -0.25) is 4.79 Å². The van der Waals surface area contributed by atoms with Gasteiger partial charge in [-0.1, -0.05) is 6.92 Å². The van der Waals surface area contributed by atoms with Gasteiger partial charge in [0.2, 0.25) is 0 Å². The minimum absolute atomic E-state index is 0.00551. The van der Waals surface area contributed by atoms with Crippen LogP contribution >= 0.6 is 0 Å². The SMILES string of the molecule is CC(NC(=O)N1CC(C(C)C(=O)O)C1)C1CCCO1. The minimum atomic E-state index is -0.794. The Morgan fingerprint density at radius 3 is 2.58 bits per heavy atom. The molecule has 0 aromatic rings. The Kier molecular flexibility index (Phi) is 4.29. The highest BCUT2D eigenvalue weighted by molar-refractivity contribution is 5.76. The summed E-state index contributed by atoms with van der Waals surface area (Å²) >= 11 is 0. The van der Waals surface area contributed by atoms with Crippen molar-refractivity contribution in [3.05, 3.63) is 0 Å². The van der Waals surface area contributed by atoms with E-state index < -0.39 is 5.97 Å². The topological polar surface area (TPSA) is 78.9 Å². The molecular formula is C13H22N2O4. The van der Waals surface area contributed by atoms with Crippen LogP contribution in [0.15, 0.2) is 0 Å². The molecule has 0 spiro atoms. The summed E-state index contributed by atoms with van der Waals surface area (Å²) in [5.74, 6) is -1.11. The Labute approximate surface area is 113 Å². The monoisotopic (exact) mass is 270 g/mol. The molecule has 108 valence electrons. The second kappa shape index (κ2) is 5.77. The number of urea groups is 1. The number of nitrogens with one attached hydrogen (secondary N) is 1. The van der Waals surface area contributed by atoms with E-state index in [4.69, 9.17) is 9.84 Å². The molecule has 3 unspecified atom stereocenters. The van der Waals surface area contributed by atoms with Crippen molar-refractivity contribution < 1.29 is 19.4 Å². The zero-order valence-corrected chi connectivity index (χ0v) is 11.5. The number of nitrogens with zero attached hydrogens (tertiary/aromatic N) is 1. The predicted molar refractivity (Wildman–Crippen MR) is 68.8 cm³/mol. The van der Waals surface area contributed by atoms with E-state index in [-0.39, 0.29) is 30.0 Å². The Morgan fingerprint density at radius 2 is 2.05 bits per heavy atom. The van der Waals surface area contributed by atoms with Crippen LogP contribution in [-0.4, -0.2) is 53.8 Å². The fourth-order valence-corrected chi connectivity index (χ4v) is 2.57. The molecule has 3 atom stereocenters. The highest BCUT2D eigenvalue weighted by Crippen LogP contribution is 2.24. The molecule has 2 fully saturated rings. The van der Waals surface area contributed by atoms with Gasteiger partial charge < -0.3 is 20.1 Å². The van der Waals surface area contributed by atoms with Crippen LogP contribution in [0.3, 0.4) is 0 Å². The molecule has 0 aromatic carbocycles. The van der Waals surface area contributed by atoms with Gasteiger partial charge in [0, 0.05) is 25.6 Å². The van der Waals surface area contributed by atoms with Crippen molar-refractivity contribution >= 4 is 12.0 Å². The van der Waals surface area contributed by atoms with E-state index in [0.717, 1.165) is 19.4 Å². The minimum Gasteiger partial charge on any atom is -0.481 e. The molecular weight excluding hydrogens is 248 g/mol. The molecule has 2 amide bonds. The van der Waals surface area contributed by atoms with Crippen LogP contribution in [0.4, 0.5) is 4.79 Å². The van der Waals surface area contributed by atoms with Gasteiger partial charge in [-0.25, -0.2) is 4.79 Å². The molecule has 2 heterocycles. The van der Waals surface area contributed by atoms with Crippen molar-refractivity contribution in [2.75, 3.05) is 19.7 Å². The third-order valence-corrected chi connectivity index (χ3v) is 4.17. The number of hydrogen-bond donors (Lipinski definition) is 2. The van der Waals surface area contributed by atoms with E-state index in [0.29, 0.717) is 13.1 Å². The molecule has 6 heteroatoms. The fraction of sp³-hybridized carbons (Fsp3) is 0.846. The van der Waals surface area contributed by atoms with Crippen LogP contribution in [0.2, 0.25) is 0 Å². The van der Waals surface area contributed by atoms with Crippen molar-refractivity contribution in [2.24, 2.45) is 11.8 Å². The average molecular weight is 270 g/mol. The second-order valence-electron chi connectivity index (χ2n) is 5.58. The van der Waals surface area contributed by atoms with Crippen LogP contribution < -0.4 is 5.32 Å². The van der Waals surface area contributed by atoms with Crippen LogP contribution in [0.1, 0.15) is 26.7 Å². The predicted octanol–water partition coefficient (Wildman–Crippen LogP) is 0.916. The number of carboxylic acids is 1. The normalized spacial score (nSPS) is 26.6. The van der Waals surface area contributed by atoms with E-state index in [1.54, 1.807) is 11.8 Å². The first-order chi connectivity index (χ1) is 8.99. The quantitative estimate of drug-likeness (QED) is 0.796. The van der Waals surface area contributed by atoms with Gasteiger partial charge in [-0.15, -0.1) is 0 Å². The molecule has 2 N–H and O–H groups in total. The molecule has 0 saturated carbocycles. The number of rotatable bonds is 4. The lowest BCUT2D eigenvalue weighted by atomic mass is 9.87. The third kappa shape index (κ3) is 3.18. The van der Waals surface area contributed by atoms with Gasteiger partial charge >= 0.3 is 12.0 Å². The number of carbonyl (C=O) groups is 2. The molecule has 2 saturated heterocycles. The number of hydrogen-bond acceptors (Lipinski definition) is 3.